The van der Waals surface area contributed by atoms with Gasteiger partial charge in [0.2, 0.25) is 0 Å². The molecule has 3 aromatic rings. The molecule has 1 aliphatic rings. The summed E-state index contributed by atoms with van der Waals surface area (Å²) in [7, 11) is 0. The first-order chi connectivity index (χ1) is 13.2. The van der Waals surface area contributed by atoms with Crippen LogP contribution in [0.25, 0.3) is 21.8 Å². The van der Waals surface area contributed by atoms with E-state index in [2.05, 4.69) is 17.6 Å². The van der Waals surface area contributed by atoms with Crippen LogP contribution < -0.4 is 10.6 Å². The predicted molar refractivity (Wildman–Crippen MR) is 118 cm³/mol. The normalized spacial score (nSPS) is 18.9. The van der Waals surface area contributed by atoms with Gasteiger partial charge in [0.25, 0.3) is 5.91 Å². The van der Waals surface area contributed by atoms with Crippen molar-refractivity contribution in [1.29, 1.82) is 0 Å². The van der Waals surface area contributed by atoms with Crippen LogP contribution >= 0.6 is 23.7 Å². The summed E-state index contributed by atoms with van der Waals surface area (Å²) >= 11 is 1.47. The van der Waals surface area contributed by atoms with Crippen LogP contribution in [0.3, 0.4) is 0 Å². The third-order valence-corrected chi connectivity index (χ3v) is 5.96. The van der Waals surface area contributed by atoms with Gasteiger partial charge in [-0.05, 0) is 26.3 Å². The lowest BCUT2D eigenvalue weighted by molar-refractivity contribution is 0.0930. The highest BCUT2D eigenvalue weighted by Crippen LogP contribution is 2.34. The van der Waals surface area contributed by atoms with E-state index in [-0.39, 0.29) is 24.4 Å². The van der Waals surface area contributed by atoms with Gasteiger partial charge in [0.1, 0.15) is 9.88 Å². The fourth-order valence-corrected chi connectivity index (χ4v) is 4.48. The van der Waals surface area contributed by atoms with Crippen LogP contribution in [0.2, 0.25) is 0 Å². The van der Waals surface area contributed by atoms with E-state index in [4.69, 9.17) is 4.98 Å². The Kier molecular flexibility index (Phi) is 6.83. The second kappa shape index (κ2) is 9.32. The first-order valence-electron chi connectivity index (χ1n) is 9.36. The zero-order valence-corrected chi connectivity index (χ0v) is 17.4. The average Bonchev–Trinajstić information content (AvgIpc) is 3.15. The maximum atomic E-state index is 13.1. The van der Waals surface area contributed by atoms with Crippen LogP contribution in [0.15, 0.2) is 60.7 Å². The highest BCUT2D eigenvalue weighted by Gasteiger charge is 2.24. The van der Waals surface area contributed by atoms with E-state index in [0.29, 0.717) is 10.9 Å². The summed E-state index contributed by atoms with van der Waals surface area (Å²) < 4.78 is 0. The quantitative estimate of drug-likeness (QED) is 0.647. The summed E-state index contributed by atoms with van der Waals surface area (Å²) in [5.41, 5.74) is 2.77. The number of nitrogens with one attached hydrogen (secondary N) is 2. The first-order valence-corrected chi connectivity index (χ1v) is 10.2. The number of piperidine rings is 1. The van der Waals surface area contributed by atoms with E-state index < -0.39 is 0 Å². The Morgan fingerprint density at radius 3 is 2.36 bits per heavy atom. The van der Waals surface area contributed by atoms with E-state index in [1.807, 2.05) is 60.7 Å². The Labute approximate surface area is 175 Å². The van der Waals surface area contributed by atoms with Gasteiger partial charge in [-0.2, -0.15) is 0 Å². The summed E-state index contributed by atoms with van der Waals surface area (Å²) in [5, 5.41) is 7.53. The number of nitrogens with zero attached hydrogens (tertiary/aromatic N) is 1. The second-order valence-corrected chi connectivity index (χ2v) is 7.98. The molecule has 6 heteroatoms. The molecule has 1 amide bonds. The molecule has 2 aromatic carbocycles. The van der Waals surface area contributed by atoms with Crippen molar-refractivity contribution in [2.75, 3.05) is 6.54 Å². The number of halogens is 1. The lowest BCUT2D eigenvalue weighted by Gasteiger charge is -2.28. The highest BCUT2D eigenvalue weighted by molar-refractivity contribution is 7.17. The summed E-state index contributed by atoms with van der Waals surface area (Å²) in [6.07, 6.45) is 1.91. The summed E-state index contributed by atoms with van der Waals surface area (Å²) in [6.45, 7) is 3.10. The topological polar surface area (TPSA) is 54.0 Å². The maximum absolute atomic E-state index is 13.1. The number of thiazole rings is 1. The molecule has 0 saturated carbocycles. The van der Waals surface area contributed by atoms with Crippen molar-refractivity contribution in [2.45, 2.75) is 31.8 Å². The molecule has 4 nitrogen and oxygen atoms in total. The van der Waals surface area contributed by atoms with Gasteiger partial charge >= 0.3 is 0 Å². The molecule has 4 rings (SSSR count). The van der Waals surface area contributed by atoms with Crippen LogP contribution in [0.5, 0.6) is 0 Å². The van der Waals surface area contributed by atoms with Crippen molar-refractivity contribution in [1.82, 2.24) is 15.6 Å². The monoisotopic (exact) mass is 413 g/mol. The van der Waals surface area contributed by atoms with Crippen LogP contribution in [0.4, 0.5) is 0 Å². The molecule has 2 atom stereocenters. The summed E-state index contributed by atoms with van der Waals surface area (Å²) in [4.78, 5) is 18.6. The van der Waals surface area contributed by atoms with Gasteiger partial charge in [0, 0.05) is 23.2 Å². The van der Waals surface area contributed by atoms with E-state index in [9.17, 15) is 4.79 Å². The SMILES string of the molecule is CC1CC(NC(=O)c2sc(-c3ccccc3)nc2-c2ccccc2)CCN1.Cl. The number of hydrogen-bond acceptors (Lipinski definition) is 4. The third-order valence-electron chi connectivity index (χ3n) is 4.86. The van der Waals surface area contributed by atoms with E-state index in [0.717, 1.165) is 41.2 Å². The van der Waals surface area contributed by atoms with Gasteiger partial charge in [-0.3, -0.25) is 4.79 Å². The van der Waals surface area contributed by atoms with Crippen molar-refractivity contribution in [2.24, 2.45) is 0 Å². The number of benzene rings is 2. The lowest BCUT2D eigenvalue weighted by Crippen LogP contribution is -2.46. The lowest BCUT2D eigenvalue weighted by atomic mass is 10.0. The van der Waals surface area contributed by atoms with Crippen LogP contribution in [-0.4, -0.2) is 29.5 Å². The molecule has 2 N–H and O–H groups in total. The van der Waals surface area contributed by atoms with Crippen molar-refractivity contribution >= 4 is 29.7 Å². The molecule has 1 saturated heterocycles. The Bertz CT molecular complexity index is 914. The molecular formula is C22H24ClN3OS. The second-order valence-electron chi connectivity index (χ2n) is 6.98. The van der Waals surface area contributed by atoms with Crippen LogP contribution in [-0.2, 0) is 0 Å². The number of rotatable bonds is 4. The average molecular weight is 414 g/mol. The highest BCUT2D eigenvalue weighted by atomic mass is 35.5. The minimum absolute atomic E-state index is 0. The fourth-order valence-electron chi connectivity index (χ4n) is 3.48. The molecule has 0 radical (unpaired) electrons. The molecule has 1 aliphatic heterocycles. The first kappa shape index (κ1) is 20.5. The molecule has 1 fully saturated rings. The van der Waals surface area contributed by atoms with Gasteiger partial charge in [-0.1, -0.05) is 60.7 Å². The molecule has 146 valence electrons. The Balaban J connectivity index is 0.00000225. The zero-order chi connectivity index (χ0) is 18.6. The molecule has 1 aromatic heterocycles. The standard InChI is InChI=1S/C22H23N3OS.ClH/c1-15-14-18(12-13-23-15)24-21(26)20-19(16-8-4-2-5-9-16)25-22(27-20)17-10-6-3-7-11-17;/h2-11,15,18,23H,12-14H2,1H3,(H,24,26);1H. The zero-order valence-electron chi connectivity index (χ0n) is 15.7. The molecule has 2 heterocycles. The number of hydrogen-bond donors (Lipinski definition) is 2. The fraction of sp³-hybridized carbons (Fsp3) is 0.273. The Morgan fingerprint density at radius 1 is 1.07 bits per heavy atom. The van der Waals surface area contributed by atoms with Crippen molar-refractivity contribution in [3.63, 3.8) is 0 Å². The number of aromatic nitrogens is 1. The molecule has 0 spiro atoms. The van der Waals surface area contributed by atoms with Crippen LogP contribution in [0, 0.1) is 0 Å². The van der Waals surface area contributed by atoms with Gasteiger partial charge in [-0.25, -0.2) is 4.98 Å². The predicted octanol–water partition coefficient (Wildman–Crippen LogP) is 4.77. The van der Waals surface area contributed by atoms with E-state index in [1.54, 1.807) is 0 Å². The third kappa shape index (κ3) is 4.61. The Morgan fingerprint density at radius 2 is 1.71 bits per heavy atom. The van der Waals surface area contributed by atoms with E-state index >= 15 is 0 Å². The molecule has 28 heavy (non-hydrogen) atoms. The number of amides is 1. The van der Waals surface area contributed by atoms with Crippen molar-refractivity contribution in [3.8, 4) is 21.8 Å². The molecule has 0 bridgehead atoms. The van der Waals surface area contributed by atoms with Gasteiger partial charge in [0.15, 0.2) is 0 Å². The largest absolute Gasteiger partial charge is 0.348 e. The van der Waals surface area contributed by atoms with Gasteiger partial charge in [-0.15, -0.1) is 23.7 Å². The minimum Gasteiger partial charge on any atom is -0.348 e. The summed E-state index contributed by atoms with van der Waals surface area (Å²) in [5.74, 6) is -0.0207. The van der Waals surface area contributed by atoms with Gasteiger partial charge in [0.05, 0.1) is 5.69 Å². The van der Waals surface area contributed by atoms with Crippen molar-refractivity contribution < 1.29 is 4.79 Å². The van der Waals surface area contributed by atoms with Gasteiger partial charge < -0.3 is 10.6 Å². The number of carbonyl (C=O) groups excluding carboxylic acids is 1. The maximum Gasteiger partial charge on any atom is 0.263 e. The Hall–Kier alpha value is -2.21. The van der Waals surface area contributed by atoms with Crippen molar-refractivity contribution in [3.05, 3.63) is 65.5 Å². The number of carbonyl (C=O) groups is 1. The molecule has 2 unspecified atom stereocenters. The minimum atomic E-state index is -0.0207. The molecule has 0 aliphatic carbocycles. The van der Waals surface area contributed by atoms with E-state index in [1.165, 1.54) is 11.3 Å². The van der Waals surface area contributed by atoms with Crippen LogP contribution in [0.1, 0.15) is 29.4 Å². The smallest absolute Gasteiger partial charge is 0.263 e. The summed E-state index contributed by atoms with van der Waals surface area (Å²) in [6, 6.07) is 20.6. The molecular weight excluding hydrogens is 390 g/mol.